The van der Waals surface area contributed by atoms with Gasteiger partial charge in [0, 0.05) is 26.2 Å². The van der Waals surface area contributed by atoms with Crippen LogP contribution >= 0.6 is 0 Å². The van der Waals surface area contributed by atoms with Gasteiger partial charge in [0.1, 0.15) is 11.6 Å². The fraction of sp³-hybridized carbons (Fsp3) is 0.278. The highest BCUT2D eigenvalue weighted by Crippen LogP contribution is 2.20. The van der Waals surface area contributed by atoms with Gasteiger partial charge in [-0.1, -0.05) is 24.3 Å². The molecule has 1 atom stereocenters. The molecule has 0 bridgehead atoms. The smallest absolute Gasteiger partial charge is 0.125 e. The summed E-state index contributed by atoms with van der Waals surface area (Å²) in [6, 6.07) is 15.0. The minimum Gasteiger partial charge on any atom is -0.341 e. The molecular weight excluding hydrogens is 291 g/mol. The van der Waals surface area contributed by atoms with Gasteiger partial charge < -0.3 is 10.3 Å². The lowest BCUT2D eigenvalue weighted by atomic mass is 10.1. The normalized spacial score (nSPS) is 19.3. The van der Waals surface area contributed by atoms with Crippen molar-refractivity contribution in [3.8, 4) is 0 Å². The van der Waals surface area contributed by atoms with Crippen molar-refractivity contribution >= 4 is 11.0 Å². The molecule has 2 N–H and O–H groups in total. The number of aromatic nitrogens is 2. The van der Waals surface area contributed by atoms with Gasteiger partial charge in [-0.2, -0.15) is 0 Å². The third-order valence-corrected chi connectivity index (χ3v) is 4.32. The number of benzene rings is 2. The Morgan fingerprint density at radius 3 is 2.78 bits per heavy atom. The Labute approximate surface area is 134 Å². The van der Waals surface area contributed by atoms with Crippen molar-refractivity contribution in [3.63, 3.8) is 0 Å². The summed E-state index contributed by atoms with van der Waals surface area (Å²) in [7, 11) is 0. The Balaban J connectivity index is 1.49. The van der Waals surface area contributed by atoms with E-state index in [1.807, 2.05) is 36.4 Å². The molecular formula is C18H19FN4. The molecule has 3 aromatic rings. The average Bonchev–Trinajstić information content (AvgIpc) is 3.01. The number of rotatable bonds is 3. The lowest BCUT2D eigenvalue weighted by Crippen LogP contribution is -2.45. The van der Waals surface area contributed by atoms with Crippen LogP contribution in [0.5, 0.6) is 0 Å². The van der Waals surface area contributed by atoms with E-state index >= 15 is 0 Å². The number of nitrogens with one attached hydrogen (secondary N) is 2. The number of piperazine rings is 1. The summed E-state index contributed by atoms with van der Waals surface area (Å²) in [5.41, 5.74) is 3.21. The van der Waals surface area contributed by atoms with Crippen LogP contribution in [0.1, 0.15) is 17.4 Å². The molecule has 2 heterocycles. The number of hydrogen-bond acceptors (Lipinski definition) is 3. The Kier molecular flexibility index (Phi) is 3.81. The second kappa shape index (κ2) is 6.10. The highest BCUT2D eigenvalue weighted by Gasteiger charge is 2.23. The van der Waals surface area contributed by atoms with Crippen molar-refractivity contribution in [1.29, 1.82) is 0 Å². The summed E-state index contributed by atoms with van der Waals surface area (Å²) < 4.78 is 13.0. The van der Waals surface area contributed by atoms with E-state index < -0.39 is 0 Å². The number of aromatic amines is 1. The summed E-state index contributed by atoms with van der Waals surface area (Å²) in [4.78, 5) is 10.5. The zero-order valence-electron chi connectivity index (χ0n) is 12.8. The van der Waals surface area contributed by atoms with Crippen molar-refractivity contribution < 1.29 is 4.39 Å². The maximum absolute atomic E-state index is 13.0. The summed E-state index contributed by atoms with van der Waals surface area (Å²) in [6.07, 6.45) is 0. The number of hydrogen-bond donors (Lipinski definition) is 2. The minimum atomic E-state index is -0.186. The number of para-hydroxylation sites is 2. The van der Waals surface area contributed by atoms with Crippen LogP contribution in [0.25, 0.3) is 11.0 Å². The summed E-state index contributed by atoms with van der Waals surface area (Å²) >= 11 is 0. The molecule has 0 spiro atoms. The van der Waals surface area contributed by atoms with Gasteiger partial charge in [0.15, 0.2) is 0 Å². The maximum Gasteiger partial charge on any atom is 0.125 e. The van der Waals surface area contributed by atoms with Crippen molar-refractivity contribution in [3.05, 3.63) is 65.7 Å². The number of fused-ring (bicyclic) bond motifs is 1. The summed E-state index contributed by atoms with van der Waals surface area (Å²) in [5.74, 6) is 0.796. The van der Waals surface area contributed by atoms with Crippen LogP contribution in [0.15, 0.2) is 48.5 Å². The molecule has 1 unspecified atom stereocenters. The third-order valence-electron chi connectivity index (χ3n) is 4.32. The molecule has 23 heavy (non-hydrogen) atoms. The number of H-pyrrole nitrogens is 1. The van der Waals surface area contributed by atoms with Gasteiger partial charge in [0.25, 0.3) is 0 Å². The van der Waals surface area contributed by atoms with E-state index in [2.05, 4.69) is 15.2 Å². The van der Waals surface area contributed by atoms with E-state index in [9.17, 15) is 4.39 Å². The molecule has 1 aromatic heterocycles. The first kappa shape index (κ1) is 14.4. The van der Waals surface area contributed by atoms with Crippen LogP contribution in [-0.4, -0.2) is 34.5 Å². The number of nitrogens with zero attached hydrogens (tertiary/aromatic N) is 2. The molecule has 0 radical (unpaired) electrons. The van der Waals surface area contributed by atoms with Gasteiger partial charge in [-0.3, -0.25) is 4.90 Å². The maximum atomic E-state index is 13.0. The molecule has 0 amide bonds. The van der Waals surface area contributed by atoms with Gasteiger partial charge in [-0.15, -0.1) is 0 Å². The summed E-state index contributed by atoms with van der Waals surface area (Å²) in [6.45, 7) is 3.62. The van der Waals surface area contributed by atoms with E-state index in [1.165, 1.54) is 12.1 Å². The van der Waals surface area contributed by atoms with Crippen LogP contribution in [0.4, 0.5) is 4.39 Å². The van der Waals surface area contributed by atoms with Gasteiger partial charge >= 0.3 is 0 Å². The second-order valence-electron chi connectivity index (χ2n) is 6.01. The number of imidazole rings is 1. The predicted molar refractivity (Wildman–Crippen MR) is 88.5 cm³/mol. The second-order valence-corrected chi connectivity index (χ2v) is 6.01. The topological polar surface area (TPSA) is 44.0 Å². The first-order chi connectivity index (χ1) is 11.3. The highest BCUT2D eigenvalue weighted by molar-refractivity contribution is 5.74. The highest BCUT2D eigenvalue weighted by atomic mass is 19.1. The van der Waals surface area contributed by atoms with Crippen molar-refractivity contribution in [1.82, 2.24) is 20.2 Å². The Hall–Kier alpha value is -2.24. The predicted octanol–water partition coefficient (Wildman–Crippen LogP) is 2.85. The van der Waals surface area contributed by atoms with Crippen LogP contribution in [-0.2, 0) is 6.54 Å². The van der Waals surface area contributed by atoms with Gasteiger partial charge in [0.2, 0.25) is 0 Å². The molecule has 1 saturated heterocycles. The first-order valence-corrected chi connectivity index (χ1v) is 7.93. The van der Waals surface area contributed by atoms with Crippen LogP contribution in [0.2, 0.25) is 0 Å². The monoisotopic (exact) mass is 310 g/mol. The molecule has 4 nitrogen and oxygen atoms in total. The third kappa shape index (κ3) is 3.11. The molecule has 118 valence electrons. The van der Waals surface area contributed by atoms with Crippen LogP contribution < -0.4 is 5.32 Å². The molecule has 4 rings (SSSR count). The molecule has 0 aliphatic carbocycles. The van der Waals surface area contributed by atoms with Gasteiger partial charge in [0.05, 0.1) is 17.1 Å². The van der Waals surface area contributed by atoms with Crippen LogP contribution in [0, 0.1) is 5.82 Å². The Morgan fingerprint density at radius 2 is 1.96 bits per heavy atom. The van der Waals surface area contributed by atoms with Gasteiger partial charge in [-0.25, -0.2) is 9.37 Å². The van der Waals surface area contributed by atoms with Crippen molar-refractivity contribution in [2.45, 2.75) is 12.6 Å². The lowest BCUT2D eigenvalue weighted by Gasteiger charge is -2.32. The molecule has 1 aliphatic rings. The fourth-order valence-electron chi connectivity index (χ4n) is 3.12. The van der Waals surface area contributed by atoms with E-state index in [-0.39, 0.29) is 11.9 Å². The molecule has 1 fully saturated rings. The fourth-order valence-corrected chi connectivity index (χ4v) is 3.12. The number of halogens is 1. The standard InChI is InChI=1S/C18H19FN4/c19-14-7-5-13(6-8-14)11-23-10-9-20-17(12-23)18-21-15-3-1-2-4-16(15)22-18/h1-8,17,20H,9-12H2,(H,21,22). The Bertz CT molecular complexity index is 763. The van der Waals surface area contributed by atoms with E-state index in [0.717, 1.165) is 48.6 Å². The van der Waals surface area contributed by atoms with Crippen LogP contribution in [0.3, 0.4) is 0 Å². The zero-order chi connectivity index (χ0) is 15.6. The van der Waals surface area contributed by atoms with E-state index in [0.29, 0.717) is 0 Å². The zero-order valence-corrected chi connectivity index (χ0v) is 12.8. The van der Waals surface area contributed by atoms with E-state index in [4.69, 9.17) is 4.98 Å². The molecule has 2 aromatic carbocycles. The van der Waals surface area contributed by atoms with Gasteiger partial charge in [-0.05, 0) is 29.8 Å². The Morgan fingerprint density at radius 1 is 1.13 bits per heavy atom. The lowest BCUT2D eigenvalue weighted by molar-refractivity contribution is 0.190. The minimum absolute atomic E-state index is 0.186. The molecule has 1 aliphatic heterocycles. The first-order valence-electron chi connectivity index (χ1n) is 7.93. The van der Waals surface area contributed by atoms with Crippen molar-refractivity contribution in [2.75, 3.05) is 19.6 Å². The largest absolute Gasteiger partial charge is 0.341 e. The van der Waals surface area contributed by atoms with E-state index in [1.54, 1.807) is 0 Å². The molecule has 0 saturated carbocycles. The van der Waals surface area contributed by atoms with Crippen molar-refractivity contribution in [2.24, 2.45) is 0 Å². The average molecular weight is 310 g/mol. The summed E-state index contributed by atoms with van der Waals surface area (Å²) in [5, 5.41) is 3.53. The molecule has 5 heteroatoms. The quantitative estimate of drug-likeness (QED) is 0.782. The SMILES string of the molecule is Fc1ccc(CN2CCNC(c3nc4ccccc4[nH]3)C2)cc1.